The Morgan fingerprint density at radius 1 is 0.957 bits per heavy atom. The van der Waals surface area contributed by atoms with E-state index in [1.54, 1.807) is 0 Å². The summed E-state index contributed by atoms with van der Waals surface area (Å²) in [7, 11) is 0. The lowest BCUT2D eigenvalue weighted by atomic mass is 10.0. The Balaban J connectivity index is 2.19. The third-order valence-electron chi connectivity index (χ3n) is 3.97. The van der Waals surface area contributed by atoms with E-state index in [0.717, 1.165) is 46.4 Å². The number of unbranched alkanes of at least 4 members (excludes halogenated alkanes) is 1. The number of benzene rings is 2. The fourth-order valence-corrected chi connectivity index (χ4v) is 3.69. The largest absolute Gasteiger partial charge is 0.353 e. The number of hydrogen-bond donors (Lipinski definition) is 2. The van der Waals surface area contributed by atoms with Crippen LogP contribution in [0.3, 0.4) is 0 Å². The molecule has 0 radical (unpaired) electrons. The van der Waals surface area contributed by atoms with E-state index in [1.165, 1.54) is 9.13 Å². The second-order valence-corrected chi connectivity index (χ2v) is 7.57. The van der Waals surface area contributed by atoms with Gasteiger partial charge in [0.15, 0.2) is 0 Å². The van der Waals surface area contributed by atoms with E-state index in [4.69, 9.17) is 28.9 Å². The van der Waals surface area contributed by atoms with Crippen LogP contribution in [0.25, 0.3) is 22.2 Å². The fourth-order valence-electron chi connectivity index (χ4n) is 2.85. The average molecular weight is 459 g/mol. The summed E-state index contributed by atoms with van der Waals surface area (Å²) in [5.41, 5.74) is 10.0. The summed E-state index contributed by atoms with van der Waals surface area (Å²) >= 11 is 15.2. The number of H-pyrrole nitrogens is 1. The fraction of sp³-hybridized carbons (Fsp3) is 0.222. The zero-order valence-corrected chi connectivity index (χ0v) is 16.2. The van der Waals surface area contributed by atoms with Gasteiger partial charge in [-0.25, -0.2) is 0 Å². The molecule has 1 aromatic heterocycles. The molecule has 0 aliphatic rings. The van der Waals surface area contributed by atoms with Crippen molar-refractivity contribution in [3.8, 4) is 11.3 Å². The van der Waals surface area contributed by atoms with Gasteiger partial charge in [-0.2, -0.15) is 0 Å². The molecule has 2 nitrogen and oxygen atoms in total. The Morgan fingerprint density at radius 2 is 1.65 bits per heavy atom. The number of halogens is 3. The first kappa shape index (κ1) is 17.1. The molecule has 120 valence electrons. The van der Waals surface area contributed by atoms with Gasteiger partial charge >= 0.3 is 0 Å². The van der Waals surface area contributed by atoms with E-state index >= 15 is 0 Å². The normalized spacial score (nSPS) is 11.3. The van der Waals surface area contributed by atoms with Gasteiger partial charge in [-0.15, -0.1) is 0 Å². The number of aromatic nitrogens is 1. The Bertz CT molecular complexity index is 825. The molecule has 0 aliphatic heterocycles. The van der Waals surface area contributed by atoms with E-state index < -0.39 is 0 Å². The van der Waals surface area contributed by atoms with Crippen LogP contribution in [0.4, 0.5) is 0 Å². The summed E-state index contributed by atoms with van der Waals surface area (Å²) in [5, 5.41) is 2.46. The van der Waals surface area contributed by atoms with Gasteiger partial charge in [0.05, 0.1) is 15.6 Å². The molecule has 0 saturated carbocycles. The predicted molar refractivity (Wildman–Crippen MR) is 108 cm³/mol. The summed E-state index contributed by atoms with van der Waals surface area (Å²) in [5.74, 6) is 0. The monoisotopic (exact) mass is 458 g/mol. The zero-order valence-electron chi connectivity index (χ0n) is 12.5. The number of nitrogens with two attached hydrogens (primary N) is 1. The van der Waals surface area contributed by atoms with Crippen molar-refractivity contribution in [1.82, 2.24) is 4.98 Å². The third kappa shape index (κ3) is 3.53. The van der Waals surface area contributed by atoms with Crippen molar-refractivity contribution in [2.24, 2.45) is 5.73 Å². The highest BCUT2D eigenvalue weighted by Crippen LogP contribution is 2.38. The maximum Gasteiger partial charge on any atom is 0.0666 e. The first-order chi connectivity index (χ1) is 11.1. The lowest BCUT2D eigenvalue weighted by molar-refractivity contribution is 0.748. The molecular weight excluding hydrogens is 442 g/mol. The number of aromatic amines is 1. The van der Waals surface area contributed by atoms with Gasteiger partial charge in [-0.05, 0) is 83.8 Å². The summed E-state index contributed by atoms with van der Waals surface area (Å²) in [6.45, 7) is 0.704. The smallest absolute Gasteiger partial charge is 0.0666 e. The van der Waals surface area contributed by atoms with Crippen LogP contribution in [0.15, 0.2) is 36.4 Å². The van der Waals surface area contributed by atoms with Crippen molar-refractivity contribution in [2.75, 3.05) is 6.54 Å². The molecule has 0 atom stereocenters. The average Bonchev–Trinajstić information content (AvgIpc) is 2.93. The van der Waals surface area contributed by atoms with Gasteiger partial charge < -0.3 is 10.7 Å². The van der Waals surface area contributed by atoms with Crippen molar-refractivity contribution < 1.29 is 0 Å². The highest BCUT2D eigenvalue weighted by molar-refractivity contribution is 14.1. The van der Waals surface area contributed by atoms with Crippen LogP contribution in [0.2, 0.25) is 10.0 Å². The molecule has 2 aromatic carbocycles. The minimum atomic E-state index is 0.696. The van der Waals surface area contributed by atoms with Crippen molar-refractivity contribution in [2.45, 2.75) is 19.3 Å². The van der Waals surface area contributed by atoms with Crippen molar-refractivity contribution in [3.63, 3.8) is 0 Å². The predicted octanol–water partition coefficient (Wildman–Crippen LogP) is 6.03. The van der Waals surface area contributed by atoms with E-state index in [0.29, 0.717) is 11.6 Å². The molecule has 0 bridgehead atoms. The van der Waals surface area contributed by atoms with Gasteiger partial charge in [0.1, 0.15) is 0 Å². The Morgan fingerprint density at radius 3 is 2.35 bits per heavy atom. The maximum absolute atomic E-state index is 6.47. The van der Waals surface area contributed by atoms with Crippen LogP contribution >= 0.6 is 45.8 Å². The third-order valence-corrected chi connectivity index (χ3v) is 5.32. The summed E-state index contributed by atoms with van der Waals surface area (Å²) in [4.78, 5) is 3.49. The van der Waals surface area contributed by atoms with E-state index in [9.17, 15) is 0 Å². The second kappa shape index (κ2) is 7.43. The van der Waals surface area contributed by atoms with Gasteiger partial charge in [0.25, 0.3) is 0 Å². The molecule has 0 spiro atoms. The van der Waals surface area contributed by atoms with Crippen molar-refractivity contribution in [3.05, 3.63) is 55.6 Å². The molecule has 3 N–H and O–H groups in total. The maximum atomic E-state index is 6.47. The van der Waals surface area contributed by atoms with Gasteiger partial charge in [0, 0.05) is 14.7 Å². The van der Waals surface area contributed by atoms with Gasteiger partial charge in [-0.3, -0.25) is 0 Å². The summed E-state index contributed by atoms with van der Waals surface area (Å²) in [6, 6.07) is 12.2. The second-order valence-electron chi connectivity index (χ2n) is 5.51. The van der Waals surface area contributed by atoms with E-state index in [-0.39, 0.29) is 0 Å². The molecule has 0 saturated heterocycles. The number of fused-ring (bicyclic) bond motifs is 1. The lowest BCUT2D eigenvalue weighted by Crippen LogP contribution is -1.99. The first-order valence-corrected chi connectivity index (χ1v) is 9.40. The summed E-state index contributed by atoms with van der Waals surface area (Å²) < 4.78 is 1.21. The molecule has 0 amide bonds. The number of rotatable bonds is 5. The van der Waals surface area contributed by atoms with Crippen LogP contribution in [-0.2, 0) is 6.42 Å². The molecule has 0 aliphatic carbocycles. The van der Waals surface area contributed by atoms with Crippen molar-refractivity contribution >= 4 is 56.7 Å². The minimum absolute atomic E-state index is 0.696. The number of nitrogens with one attached hydrogen (secondary N) is 1. The zero-order chi connectivity index (χ0) is 16.4. The van der Waals surface area contributed by atoms with E-state index in [2.05, 4.69) is 51.8 Å². The number of aryl methyl sites for hydroxylation is 1. The SMILES string of the molecule is NCCCCc1c(-c2ccc(I)cc2)[nH]c2c(Cl)ccc(Cl)c12. The topological polar surface area (TPSA) is 41.8 Å². The Labute approximate surface area is 159 Å². The lowest BCUT2D eigenvalue weighted by Gasteiger charge is -2.06. The van der Waals surface area contributed by atoms with Crippen LogP contribution < -0.4 is 5.73 Å². The molecule has 0 unspecified atom stereocenters. The number of hydrogen-bond acceptors (Lipinski definition) is 1. The van der Waals surface area contributed by atoms with Crippen LogP contribution in [0, 0.1) is 3.57 Å². The van der Waals surface area contributed by atoms with Gasteiger partial charge in [-0.1, -0.05) is 35.3 Å². The van der Waals surface area contributed by atoms with Gasteiger partial charge in [0.2, 0.25) is 0 Å². The standard InChI is InChI=1S/C18H17Cl2IN2/c19-14-8-9-15(20)18-16(14)13(3-1-2-10-22)17(23-18)11-4-6-12(21)7-5-11/h4-9,23H,1-3,10,22H2. The molecule has 0 fully saturated rings. The summed E-state index contributed by atoms with van der Waals surface area (Å²) in [6.07, 6.45) is 2.96. The molecule has 23 heavy (non-hydrogen) atoms. The van der Waals surface area contributed by atoms with Crippen LogP contribution in [-0.4, -0.2) is 11.5 Å². The molecular formula is C18H17Cl2IN2. The minimum Gasteiger partial charge on any atom is -0.353 e. The Hall–Kier alpha value is -0.750. The first-order valence-electron chi connectivity index (χ1n) is 7.56. The van der Waals surface area contributed by atoms with Crippen LogP contribution in [0.5, 0.6) is 0 Å². The van der Waals surface area contributed by atoms with Crippen molar-refractivity contribution in [1.29, 1.82) is 0 Å². The molecule has 3 aromatic rings. The quantitative estimate of drug-likeness (QED) is 0.355. The molecule has 3 rings (SSSR count). The highest BCUT2D eigenvalue weighted by Gasteiger charge is 2.17. The molecule has 1 heterocycles. The Kier molecular flexibility index (Phi) is 5.52. The highest BCUT2D eigenvalue weighted by atomic mass is 127. The van der Waals surface area contributed by atoms with E-state index in [1.807, 2.05) is 12.1 Å². The van der Waals surface area contributed by atoms with Crippen LogP contribution in [0.1, 0.15) is 18.4 Å². The molecule has 5 heteroatoms.